The van der Waals surface area contributed by atoms with E-state index < -0.39 is 10.1 Å². The van der Waals surface area contributed by atoms with Gasteiger partial charge < -0.3 is 4.18 Å². The van der Waals surface area contributed by atoms with Crippen molar-refractivity contribution < 1.29 is 12.6 Å². The third kappa shape index (κ3) is 4.88. The summed E-state index contributed by atoms with van der Waals surface area (Å²) in [7, 11) is -3.58. The molecule has 100 valence electrons. The summed E-state index contributed by atoms with van der Waals surface area (Å²) >= 11 is 1.28. The van der Waals surface area contributed by atoms with Crippen LogP contribution in [0.3, 0.4) is 0 Å². The standard InChI is InChI=1S/C12H12N2O3S2/c15-19(16,17-11-5-2-1-3-6-11)10-9-18-12-13-7-4-8-14-12/h1-8H,9-10H2. The van der Waals surface area contributed by atoms with E-state index in [2.05, 4.69) is 9.97 Å². The molecule has 2 rings (SSSR count). The largest absolute Gasteiger partial charge is 0.382 e. The highest BCUT2D eigenvalue weighted by atomic mass is 32.2. The lowest BCUT2D eigenvalue weighted by Gasteiger charge is -2.06. The highest BCUT2D eigenvalue weighted by Crippen LogP contribution is 2.15. The summed E-state index contributed by atoms with van der Waals surface area (Å²) < 4.78 is 28.4. The number of benzene rings is 1. The minimum Gasteiger partial charge on any atom is -0.382 e. The van der Waals surface area contributed by atoms with Gasteiger partial charge in [0.1, 0.15) is 5.75 Å². The molecule has 1 aromatic heterocycles. The molecule has 7 heteroatoms. The van der Waals surface area contributed by atoms with Crippen LogP contribution in [0.2, 0.25) is 0 Å². The molecule has 1 aromatic carbocycles. The maximum Gasteiger partial charge on any atom is 0.310 e. The first-order valence-corrected chi connectivity index (χ1v) is 8.09. The second-order valence-electron chi connectivity index (χ2n) is 3.54. The Morgan fingerprint density at radius 2 is 1.74 bits per heavy atom. The molecule has 0 unspecified atom stereocenters. The van der Waals surface area contributed by atoms with Gasteiger partial charge in [-0.1, -0.05) is 30.0 Å². The Morgan fingerprint density at radius 3 is 2.42 bits per heavy atom. The van der Waals surface area contributed by atoms with Crippen LogP contribution in [-0.2, 0) is 10.1 Å². The van der Waals surface area contributed by atoms with E-state index in [1.165, 1.54) is 11.8 Å². The number of thioether (sulfide) groups is 1. The van der Waals surface area contributed by atoms with Gasteiger partial charge in [0.25, 0.3) is 0 Å². The molecule has 0 amide bonds. The fourth-order valence-corrected chi connectivity index (χ4v) is 3.35. The molecule has 0 spiro atoms. The van der Waals surface area contributed by atoms with Gasteiger partial charge >= 0.3 is 10.1 Å². The monoisotopic (exact) mass is 296 g/mol. The Labute approximate surface area is 116 Å². The van der Waals surface area contributed by atoms with E-state index in [-0.39, 0.29) is 5.75 Å². The molecule has 0 atom stereocenters. The molecule has 0 fully saturated rings. The number of hydrogen-bond acceptors (Lipinski definition) is 6. The first-order chi connectivity index (χ1) is 9.16. The van der Waals surface area contributed by atoms with Crippen LogP contribution in [0.1, 0.15) is 0 Å². The van der Waals surface area contributed by atoms with E-state index in [4.69, 9.17) is 4.18 Å². The number of nitrogens with zero attached hydrogens (tertiary/aromatic N) is 2. The predicted octanol–water partition coefficient (Wildman–Crippen LogP) is 1.98. The molecular weight excluding hydrogens is 284 g/mol. The molecule has 0 aliphatic rings. The minimum absolute atomic E-state index is 0.0924. The van der Waals surface area contributed by atoms with Gasteiger partial charge in [-0.25, -0.2) is 9.97 Å². The average Bonchev–Trinajstić information content (AvgIpc) is 2.40. The normalized spacial score (nSPS) is 11.2. The van der Waals surface area contributed by atoms with Crippen LogP contribution in [0, 0.1) is 0 Å². The van der Waals surface area contributed by atoms with Crippen molar-refractivity contribution in [2.24, 2.45) is 0 Å². The third-order valence-corrected chi connectivity index (χ3v) is 4.36. The van der Waals surface area contributed by atoms with Crippen LogP contribution in [0.25, 0.3) is 0 Å². The topological polar surface area (TPSA) is 69.2 Å². The summed E-state index contributed by atoms with van der Waals surface area (Å²) in [6.07, 6.45) is 3.23. The van der Waals surface area contributed by atoms with Gasteiger partial charge in [-0.05, 0) is 18.2 Å². The maximum absolute atomic E-state index is 11.7. The fraction of sp³-hybridized carbons (Fsp3) is 0.167. The highest BCUT2D eigenvalue weighted by molar-refractivity contribution is 8.00. The van der Waals surface area contributed by atoms with E-state index >= 15 is 0 Å². The first-order valence-electron chi connectivity index (χ1n) is 5.53. The summed E-state index contributed by atoms with van der Waals surface area (Å²) in [5, 5.41) is 0.553. The van der Waals surface area contributed by atoms with Crippen LogP contribution in [0.5, 0.6) is 5.75 Å². The molecule has 1 heterocycles. The van der Waals surface area contributed by atoms with E-state index in [9.17, 15) is 8.42 Å². The van der Waals surface area contributed by atoms with Gasteiger partial charge in [0, 0.05) is 18.1 Å². The highest BCUT2D eigenvalue weighted by Gasteiger charge is 2.13. The van der Waals surface area contributed by atoms with Crippen molar-refractivity contribution in [3.63, 3.8) is 0 Å². The number of para-hydroxylation sites is 1. The van der Waals surface area contributed by atoms with Crippen molar-refractivity contribution >= 4 is 21.9 Å². The SMILES string of the molecule is O=S(=O)(CCSc1ncccn1)Oc1ccccc1. The average molecular weight is 296 g/mol. The van der Waals surface area contributed by atoms with Crippen LogP contribution >= 0.6 is 11.8 Å². The fourth-order valence-electron chi connectivity index (χ4n) is 1.26. The molecule has 0 radical (unpaired) electrons. The lowest BCUT2D eigenvalue weighted by Crippen LogP contribution is -2.15. The van der Waals surface area contributed by atoms with E-state index in [1.807, 2.05) is 0 Å². The Bertz CT molecular complexity index is 603. The van der Waals surface area contributed by atoms with Gasteiger partial charge in [-0.3, -0.25) is 0 Å². The zero-order valence-corrected chi connectivity index (χ0v) is 11.6. The number of aromatic nitrogens is 2. The van der Waals surface area contributed by atoms with Gasteiger partial charge in [-0.2, -0.15) is 8.42 Å². The lowest BCUT2D eigenvalue weighted by atomic mass is 10.3. The summed E-state index contributed by atoms with van der Waals surface area (Å²) in [5.74, 6) is 0.577. The smallest absolute Gasteiger partial charge is 0.310 e. The summed E-state index contributed by atoms with van der Waals surface area (Å²) in [6, 6.07) is 10.1. The minimum atomic E-state index is -3.58. The van der Waals surface area contributed by atoms with Gasteiger partial charge in [0.15, 0.2) is 5.16 Å². The van der Waals surface area contributed by atoms with Gasteiger partial charge in [0.2, 0.25) is 0 Å². The summed E-state index contributed by atoms with van der Waals surface area (Å²) in [4.78, 5) is 8.00. The zero-order valence-electron chi connectivity index (χ0n) is 9.97. The zero-order chi connectivity index (χ0) is 13.6. The Balaban J connectivity index is 1.85. The quantitative estimate of drug-likeness (QED) is 0.461. The summed E-state index contributed by atoms with van der Waals surface area (Å²) in [6.45, 7) is 0. The van der Waals surface area contributed by atoms with Crippen molar-refractivity contribution in [1.82, 2.24) is 9.97 Å². The first kappa shape index (κ1) is 13.8. The number of hydrogen-bond donors (Lipinski definition) is 0. The van der Waals surface area contributed by atoms with Crippen LogP contribution < -0.4 is 4.18 Å². The van der Waals surface area contributed by atoms with Crippen molar-refractivity contribution in [2.75, 3.05) is 11.5 Å². The van der Waals surface area contributed by atoms with Crippen molar-refractivity contribution in [2.45, 2.75) is 5.16 Å². The Morgan fingerprint density at radius 1 is 1.05 bits per heavy atom. The molecule has 0 bridgehead atoms. The Kier molecular flexibility index (Phi) is 4.75. The molecule has 0 aliphatic heterocycles. The molecule has 0 aliphatic carbocycles. The van der Waals surface area contributed by atoms with E-state index in [1.54, 1.807) is 48.8 Å². The van der Waals surface area contributed by atoms with Gasteiger partial charge in [-0.15, -0.1) is 0 Å². The van der Waals surface area contributed by atoms with E-state index in [0.717, 1.165) is 0 Å². The Hall–Kier alpha value is -1.60. The van der Waals surface area contributed by atoms with Crippen molar-refractivity contribution in [1.29, 1.82) is 0 Å². The van der Waals surface area contributed by atoms with Gasteiger partial charge in [0.05, 0.1) is 5.75 Å². The lowest BCUT2D eigenvalue weighted by molar-refractivity contribution is 0.488. The molecule has 5 nitrogen and oxygen atoms in total. The molecular formula is C12H12N2O3S2. The second-order valence-corrected chi connectivity index (χ2v) is 6.29. The maximum atomic E-state index is 11.7. The van der Waals surface area contributed by atoms with E-state index in [0.29, 0.717) is 16.7 Å². The van der Waals surface area contributed by atoms with Crippen molar-refractivity contribution in [3.8, 4) is 5.75 Å². The molecule has 19 heavy (non-hydrogen) atoms. The molecule has 0 saturated heterocycles. The van der Waals surface area contributed by atoms with Crippen molar-refractivity contribution in [3.05, 3.63) is 48.8 Å². The summed E-state index contributed by atoms with van der Waals surface area (Å²) in [5.41, 5.74) is 0. The third-order valence-electron chi connectivity index (χ3n) is 2.07. The van der Waals surface area contributed by atoms with Crippen LogP contribution in [0.15, 0.2) is 53.9 Å². The van der Waals surface area contributed by atoms with Crippen LogP contribution in [0.4, 0.5) is 0 Å². The molecule has 0 saturated carbocycles. The van der Waals surface area contributed by atoms with Crippen LogP contribution in [-0.4, -0.2) is 29.9 Å². The second kappa shape index (κ2) is 6.53. The predicted molar refractivity (Wildman–Crippen MR) is 73.6 cm³/mol. The molecule has 2 aromatic rings. The number of rotatable bonds is 6. The molecule has 0 N–H and O–H groups in total.